The van der Waals surface area contributed by atoms with Gasteiger partial charge in [-0.1, -0.05) is 58.9 Å². The Hall–Kier alpha value is -1.35. The summed E-state index contributed by atoms with van der Waals surface area (Å²) in [4.78, 5) is 15.1. The summed E-state index contributed by atoms with van der Waals surface area (Å²) in [5.74, 6) is 3.91. The molecule has 0 spiro atoms. The van der Waals surface area contributed by atoms with E-state index >= 15 is 0 Å². The summed E-state index contributed by atoms with van der Waals surface area (Å²) < 4.78 is 5.07. The fourth-order valence-corrected chi connectivity index (χ4v) is 13.8. The van der Waals surface area contributed by atoms with Crippen molar-refractivity contribution in [3.8, 4) is 0 Å². The van der Waals surface area contributed by atoms with Crippen molar-refractivity contribution in [3.63, 3.8) is 0 Å². The highest BCUT2D eigenvalue weighted by atomic mass is 16.5. The monoisotopic (exact) mass is 573 g/mol. The summed E-state index contributed by atoms with van der Waals surface area (Å²) in [5.41, 5.74) is 6.44. The first kappa shape index (κ1) is 29.4. The second kappa shape index (κ2) is 9.58. The highest BCUT2D eigenvalue weighted by Gasteiger charge is 2.71. The standard InChI is InChI=1S/C39H59NO2/c1-25(2)28-15-20-39(40-23-24-40)22-21-37(6)30(33(28)39)13-14-32-36(5)18-16-29(26-9-11-27(12-10-26)34(41)42-8)35(3,4)31(36)17-19-38(32,37)7/h9,16,27-28,30-33H,1,10-15,17-24H2,2-8H3/t27-,28+,30-,31+,32-,33-,36+,37-,38-,39+/m1/s1. The molecule has 42 heavy (non-hydrogen) atoms. The van der Waals surface area contributed by atoms with Crippen LogP contribution in [0, 0.1) is 57.2 Å². The van der Waals surface area contributed by atoms with Crippen LogP contribution < -0.4 is 0 Å². The first-order valence-electron chi connectivity index (χ1n) is 17.7. The molecule has 0 radical (unpaired) electrons. The van der Waals surface area contributed by atoms with E-state index in [1.807, 2.05) is 0 Å². The van der Waals surface area contributed by atoms with Crippen molar-refractivity contribution < 1.29 is 9.53 Å². The molecule has 0 unspecified atom stereocenters. The number of ether oxygens (including phenoxy) is 1. The normalized spacial score (nSPS) is 49.4. The van der Waals surface area contributed by atoms with Gasteiger partial charge >= 0.3 is 5.97 Å². The molecule has 0 aromatic rings. The van der Waals surface area contributed by atoms with Gasteiger partial charge in [-0.3, -0.25) is 9.69 Å². The van der Waals surface area contributed by atoms with Crippen LogP contribution in [0.4, 0.5) is 0 Å². The Labute approximate surface area is 257 Å². The van der Waals surface area contributed by atoms with Crippen LogP contribution in [0.25, 0.3) is 0 Å². The van der Waals surface area contributed by atoms with Gasteiger partial charge in [-0.2, -0.15) is 0 Å². The molecule has 0 aromatic carbocycles. The van der Waals surface area contributed by atoms with Crippen molar-refractivity contribution in [2.75, 3.05) is 20.2 Å². The predicted molar refractivity (Wildman–Crippen MR) is 172 cm³/mol. The van der Waals surface area contributed by atoms with Crippen LogP contribution in [0.5, 0.6) is 0 Å². The zero-order valence-corrected chi connectivity index (χ0v) is 28.0. The summed E-state index contributed by atoms with van der Waals surface area (Å²) in [6.07, 6.45) is 20.3. The number of carbonyl (C=O) groups is 1. The fourth-order valence-electron chi connectivity index (χ4n) is 13.8. The van der Waals surface area contributed by atoms with Gasteiger partial charge in [0.15, 0.2) is 0 Å². The van der Waals surface area contributed by atoms with Crippen molar-refractivity contribution in [1.82, 2.24) is 4.90 Å². The summed E-state index contributed by atoms with van der Waals surface area (Å²) in [7, 11) is 1.53. The number of hydrogen-bond acceptors (Lipinski definition) is 3. The van der Waals surface area contributed by atoms with Crippen LogP contribution in [0.3, 0.4) is 0 Å². The lowest BCUT2D eigenvalue weighted by atomic mass is 9.33. The maximum absolute atomic E-state index is 12.2. The third-order valence-corrected chi connectivity index (χ3v) is 16.0. The SMILES string of the molecule is C=C(C)[C@@H]1CC[C@]2(N3CC3)CC[C@]3(C)[C@H](CC[C@@H]4[C@@]5(C)CC=C(C6=CC[C@@H](C(=O)OC)CC6)C(C)(C)[C@@H]5CC[C@]43C)[C@@H]12. The Morgan fingerprint density at radius 2 is 1.67 bits per heavy atom. The van der Waals surface area contributed by atoms with E-state index in [9.17, 15) is 4.79 Å². The lowest BCUT2D eigenvalue weighted by Crippen LogP contribution is -2.67. The van der Waals surface area contributed by atoms with E-state index in [1.54, 1.807) is 5.57 Å². The number of methoxy groups -OCH3 is 1. The number of carbonyl (C=O) groups excluding carboxylic acids is 1. The smallest absolute Gasteiger partial charge is 0.308 e. The van der Waals surface area contributed by atoms with Crippen LogP contribution in [-0.4, -0.2) is 36.6 Å². The van der Waals surface area contributed by atoms with E-state index < -0.39 is 0 Å². The molecule has 7 rings (SSSR count). The topological polar surface area (TPSA) is 29.3 Å². The molecule has 0 bridgehead atoms. The highest BCUT2D eigenvalue weighted by molar-refractivity contribution is 5.73. The molecule has 4 saturated carbocycles. The largest absolute Gasteiger partial charge is 0.469 e. The summed E-state index contributed by atoms with van der Waals surface area (Å²) in [6.45, 7) is 23.0. The van der Waals surface area contributed by atoms with Crippen molar-refractivity contribution in [2.24, 2.45) is 57.2 Å². The van der Waals surface area contributed by atoms with Crippen LogP contribution in [0.1, 0.15) is 119 Å². The molecule has 1 heterocycles. The van der Waals surface area contributed by atoms with Gasteiger partial charge in [0.1, 0.15) is 0 Å². The molecular weight excluding hydrogens is 514 g/mol. The van der Waals surface area contributed by atoms with Crippen LogP contribution in [0.2, 0.25) is 0 Å². The molecule has 5 fully saturated rings. The number of allylic oxidation sites excluding steroid dienone is 5. The van der Waals surface area contributed by atoms with Crippen LogP contribution >= 0.6 is 0 Å². The van der Waals surface area contributed by atoms with Crippen molar-refractivity contribution in [2.45, 2.75) is 124 Å². The Balaban J connectivity index is 1.20. The van der Waals surface area contributed by atoms with E-state index in [0.29, 0.717) is 21.8 Å². The predicted octanol–water partition coefficient (Wildman–Crippen LogP) is 9.15. The molecule has 0 amide bonds. The first-order valence-corrected chi connectivity index (χ1v) is 17.7. The molecule has 0 aromatic heterocycles. The minimum absolute atomic E-state index is 0.0353. The summed E-state index contributed by atoms with van der Waals surface area (Å²) in [5, 5.41) is 0. The molecule has 0 N–H and O–H groups in total. The average Bonchev–Trinajstić information content (AvgIpc) is 3.73. The van der Waals surface area contributed by atoms with Gasteiger partial charge in [0.05, 0.1) is 13.0 Å². The van der Waals surface area contributed by atoms with E-state index in [-0.39, 0.29) is 17.3 Å². The molecule has 10 atom stereocenters. The highest BCUT2D eigenvalue weighted by Crippen LogP contribution is 2.77. The molecular formula is C39H59NO2. The zero-order valence-electron chi connectivity index (χ0n) is 28.0. The summed E-state index contributed by atoms with van der Waals surface area (Å²) in [6, 6.07) is 0. The van der Waals surface area contributed by atoms with Crippen molar-refractivity contribution in [1.29, 1.82) is 0 Å². The molecule has 232 valence electrons. The molecule has 1 saturated heterocycles. The number of esters is 1. The zero-order chi connectivity index (χ0) is 29.9. The molecule has 1 aliphatic heterocycles. The van der Waals surface area contributed by atoms with Crippen molar-refractivity contribution in [3.05, 3.63) is 35.5 Å². The molecule has 3 heteroatoms. The minimum atomic E-state index is -0.0353. The van der Waals surface area contributed by atoms with E-state index in [4.69, 9.17) is 4.74 Å². The van der Waals surface area contributed by atoms with Crippen molar-refractivity contribution >= 4 is 5.97 Å². The minimum Gasteiger partial charge on any atom is -0.469 e. The third kappa shape index (κ3) is 3.76. The Morgan fingerprint density at radius 1 is 0.905 bits per heavy atom. The number of rotatable bonds is 4. The van der Waals surface area contributed by atoms with Crippen LogP contribution in [0.15, 0.2) is 35.5 Å². The molecule has 6 aliphatic carbocycles. The lowest BCUT2D eigenvalue weighted by Gasteiger charge is -2.72. The van der Waals surface area contributed by atoms with Gasteiger partial charge in [-0.25, -0.2) is 0 Å². The van der Waals surface area contributed by atoms with E-state index in [2.05, 4.69) is 65.2 Å². The Bertz CT molecular complexity index is 1220. The first-order chi connectivity index (χ1) is 19.8. The van der Waals surface area contributed by atoms with Gasteiger partial charge < -0.3 is 4.74 Å². The average molecular weight is 574 g/mol. The quantitative estimate of drug-likeness (QED) is 0.191. The molecule has 7 aliphatic rings. The maximum atomic E-state index is 12.2. The maximum Gasteiger partial charge on any atom is 0.308 e. The molecule has 3 nitrogen and oxygen atoms in total. The second-order valence-corrected chi connectivity index (χ2v) is 17.5. The Morgan fingerprint density at radius 3 is 2.31 bits per heavy atom. The van der Waals surface area contributed by atoms with Gasteiger partial charge in [0.2, 0.25) is 0 Å². The van der Waals surface area contributed by atoms with Gasteiger partial charge in [-0.15, -0.1) is 0 Å². The van der Waals surface area contributed by atoms with Gasteiger partial charge in [-0.05, 0) is 146 Å². The summed E-state index contributed by atoms with van der Waals surface area (Å²) >= 11 is 0. The lowest BCUT2D eigenvalue weighted by molar-refractivity contribution is -0.224. The fraction of sp³-hybridized carbons (Fsp3) is 0.821. The second-order valence-electron chi connectivity index (χ2n) is 17.5. The van der Waals surface area contributed by atoms with Crippen LogP contribution in [-0.2, 0) is 9.53 Å². The third-order valence-electron chi connectivity index (χ3n) is 16.0. The number of fused-ring (bicyclic) bond motifs is 7. The van der Waals surface area contributed by atoms with E-state index in [0.717, 1.165) is 48.9 Å². The number of hydrogen-bond donors (Lipinski definition) is 0. The van der Waals surface area contributed by atoms with E-state index in [1.165, 1.54) is 89.1 Å². The number of nitrogens with zero attached hydrogens (tertiary/aromatic N) is 1. The van der Waals surface area contributed by atoms with Gasteiger partial charge in [0.25, 0.3) is 0 Å². The Kier molecular flexibility index (Phi) is 6.69. The van der Waals surface area contributed by atoms with Gasteiger partial charge in [0, 0.05) is 18.6 Å².